The second-order valence-electron chi connectivity index (χ2n) is 4.57. The first-order valence-corrected chi connectivity index (χ1v) is 7.63. The molecule has 0 aliphatic carbocycles. The average molecular weight is 309 g/mol. The van der Waals surface area contributed by atoms with Gasteiger partial charge in [-0.25, -0.2) is 17.6 Å². The van der Waals surface area contributed by atoms with E-state index in [0.29, 0.717) is 6.42 Å². The van der Waals surface area contributed by atoms with Crippen LogP contribution in [0.25, 0.3) is 0 Å². The summed E-state index contributed by atoms with van der Waals surface area (Å²) >= 11 is 5.64. The summed E-state index contributed by atoms with van der Waals surface area (Å²) in [5.41, 5.74) is -0.740. The lowest BCUT2D eigenvalue weighted by molar-refractivity contribution is 0.0691. The van der Waals surface area contributed by atoms with Gasteiger partial charge >= 0.3 is 5.97 Å². The number of sulfone groups is 1. The predicted octanol–water partition coefficient (Wildman–Crippen LogP) is 3.00. The molecule has 0 bridgehead atoms. The third kappa shape index (κ3) is 3.91. The highest BCUT2D eigenvalue weighted by Crippen LogP contribution is 2.25. The largest absolute Gasteiger partial charge is 0.478 e. The molecule has 4 nitrogen and oxygen atoms in total. The van der Waals surface area contributed by atoms with Gasteiger partial charge in [0.2, 0.25) is 0 Å². The first-order valence-electron chi connectivity index (χ1n) is 5.60. The number of halogens is 2. The molecule has 0 spiro atoms. The Morgan fingerprint density at radius 2 is 2.00 bits per heavy atom. The minimum absolute atomic E-state index is 0.123. The van der Waals surface area contributed by atoms with Crippen LogP contribution in [0.3, 0.4) is 0 Å². The van der Waals surface area contributed by atoms with Crippen LogP contribution in [0.2, 0.25) is 5.02 Å². The Morgan fingerprint density at radius 1 is 1.42 bits per heavy atom. The molecule has 0 saturated carbocycles. The van der Waals surface area contributed by atoms with E-state index in [1.54, 1.807) is 0 Å². The van der Waals surface area contributed by atoms with E-state index in [9.17, 15) is 17.6 Å². The number of carboxylic acids is 1. The van der Waals surface area contributed by atoms with Crippen LogP contribution in [0.4, 0.5) is 4.39 Å². The molecule has 7 heteroatoms. The molecule has 1 N–H and O–H groups in total. The van der Waals surface area contributed by atoms with Crippen molar-refractivity contribution in [3.63, 3.8) is 0 Å². The molecule has 0 aliphatic rings. The molecular weight excluding hydrogens is 295 g/mol. The molecule has 0 amide bonds. The van der Waals surface area contributed by atoms with Crippen molar-refractivity contribution in [3.8, 4) is 0 Å². The zero-order valence-electron chi connectivity index (χ0n) is 10.5. The highest BCUT2D eigenvalue weighted by Gasteiger charge is 2.25. The van der Waals surface area contributed by atoms with Gasteiger partial charge in [-0.3, -0.25) is 0 Å². The summed E-state index contributed by atoms with van der Waals surface area (Å²) in [6, 6.07) is 1.83. The van der Waals surface area contributed by atoms with Crippen molar-refractivity contribution >= 4 is 27.4 Å². The minimum atomic E-state index is -3.89. The molecule has 106 valence electrons. The Morgan fingerprint density at radius 3 is 2.47 bits per heavy atom. The van der Waals surface area contributed by atoms with Crippen molar-refractivity contribution < 1.29 is 22.7 Å². The molecule has 0 atom stereocenters. The molecule has 0 unspecified atom stereocenters. The number of hydrogen-bond donors (Lipinski definition) is 1. The molecule has 1 rings (SSSR count). The summed E-state index contributed by atoms with van der Waals surface area (Å²) in [6.45, 7) is 3.68. The van der Waals surface area contributed by atoms with Crippen molar-refractivity contribution in [2.75, 3.05) is 5.75 Å². The lowest BCUT2D eigenvalue weighted by atomic mass is 10.2. The molecule has 0 radical (unpaired) electrons. The van der Waals surface area contributed by atoms with Crippen LogP contribution in [0.5, 0.6) is 0 Å². The summed E-state index contributed by atoms with van der Waals surface area (Å²) in [5.74, 6) is -2.93. The van der Waals surface area contributed by atoms with E-state index in [-0.39, 0.29) is 16.7 Å². The molecule has 0 aromatic heterocycles. The summed E-state index contributed by atoms with van der Waals surface area (Å²) in [4.78, 5) is 10.2. The third-order valence-electron chi connectivity index (χ3n) is 2.53. The molecule has 1 aromatic rings. The number of rotatable bonds is 5. The molecular formula is C12H14ClFO4S. The van der Waals surface area contributed by atoms with Gasteiger partial charge in [-0.1, -0.05) is 25.4 Å². The normalized spacial score (nSPS) is 11.8. The highest BCUT2D eigenvalue weighted by molar-refractivity contribution is 7.91. The number of carboxylic acid groups (broad SMARTS) is 1. The van der Waals surface area contributed by atoms with E-state index in [2.05, 4.69) is 0 Å². The smallest absolute Gasteiger partial charge is 0.338 e. The third-order valence-corrected chi connectivity index (χ3v) is 4.49. The zero-order valence-corrected chi connectivity index (χ0v) is 12.1. The van der Waals surface area contributed by atoms with Crippen LogP contribution < -0.4 is 0 Å². The molecule has 0 fully saturated rings. The van der Waals surface area contributed by atoms with Crippen molar-refractivity contribution in [2.24, 2.45) is 5.92 Å². The molecule has 0 aliphatic heterocycles. The van der Waals surface area contributed by atoms with Gasteiger partial charge in [0.15, 0.2) is 15.7 Å². The SMILES string of the molecule is CC(C)CCS(=O)(=O)c1cc(Cl)cc(C(=O)O)c1F. The van der Waals surface area contributed by atoms with Gasteiger partial charge < -0.3 is 5.11 Å². The van der Waals surface area contributed by atoms with Gasteiger partial charge in [-0.2, -0.15) is 0 Å². The van der Waals surface area contributed by atoms with Gasteiger partial charge in [0.05, 0.1) is 11.3 Å². The van der Waals surface area contributed by atoms with Crippen LogP contribution in [0, 0.1) is 11.7 Å². The molecule has 0 heterocycles. The van der Waals surface area contributed by atoms with E-state index < -0.39 is 32.1 Å². The van der Waals surface area contributed by atoms with Crippen molar-refractivity contribution in [1.82, 2.24) is 0 Å². The van der Waals surface area contributed by atoms with E-state index in [1.807, 2.05) is 13.8 Å². The Bertz CT molecular complexity index is 596. The van der Waals surface area contributed by atoms with E-state index in [1.165, 1.54) is 0 Å². The Labute approximate surface area is 116 Å². The summed E-state index contributed by atoms with van der Waals surface area (Å²) in [6.07, 6.45) is 0.358. The van der Waals surface area contributed by atoms with Crippen LogP contribution in [-0.2, 0) is 9.84 Å². The topological polar surface area (TPSA) is 71.4 Å². The number of aromatic carboxylic acids is 1. The standard InChI is InChI=1S/C12H14ClFO4S/c1-7(2)3-4-19(17,18)10-6-8(13)5-9(11(10)14)12(15)16/h5-7H,3-4H2,1-2H3,(H,15,16). The first kappa shape index (κ1) is 15.9. The maximum absolute atomic E-state index is 13.9. The average Bonchev–Trinajstić information content (AvgIpc) is 2.28. The lowest BCUT2D eigenvalue weighted by Gasteiger charge is -2.09. The maximum Gasteiger partial charge on any atom is 0.338 e. The van der Waals surface area contributed by atoms with Gasteiger partial charge in [-0.15, -0.1) is 0 Å². The van der Waals surface area contributed by atoms with E-state index in [4.69, 9.17) is 16.7 Å². The predicted molar refractivity (Wildman–Crippen MR) is 69.9 cm³/mol. The number of hydrogen-bond acceptors (Lipinski definition) is 3. The molecule has 0 saturated heterocycles. The quantitative estimate of drug-likeness (QED) is 0.907. The zero-order chi connectivity index (χ0) is 14.8. The van der Waals surface area contributed by atoms with Crippen molar-refractivity contribution in [2.45, 2.75) is 25.2 Å². The highest BCUT2D eigenvalue weighted by atomic mass is 35.5. The van der Waals surface area contributed by atoms with Crippen LogP contribution in [-0.4, -0.2) is 25.2 Å². The minimum Gasteiger partial charge on any atom is -0.478 e. The van der Waals surface area contributed by atoms with Crippen LogP contribution in [0.1, 0.15) is 30.6 Å². The number of benzene rings is 1. The maximum atomic E-state index is 13.9. The summed E-state index contributed by atoms with van der Waals surface area (Å²) in [5, 5.41) is 8.68. The van der Waals surface area contributed by atoms with E-state index >= 15 is 0 Å². The van der Waals surface area contributed by atoms with Crippen molar-refractivity contribution in [3.05, 3.63) is 28.5 Å². The van der Waals surface area contributed by atoms with Crippen LogP contribution in [0.15, 0.2) is 17.0 Å². The first-order chi connectivity index (χ1) is 8.65. The van der Waals surface area contributed by atoms with Gasteiger partial charge in [0.25, 0.3) is 0 Å². The fourth-order valence-corrected chi connectivity index (χ4v) is 3.42. The molecule has 19 heavy (non-hydrogen) atoms. The molecule has 1 aromatic carbocycles. The van der Waals surface area contributed by atoms with Gasteiger partial charge in [0.1, 0.15) is 4.90 Å². The summed E-state index contributed by atoms with van der Waals surface area (Å²) < 4.78 is 37.9. The van der Waals surface area contributed by atoms with Gasteiger partial charge in [0, 0.05) is 5.02 Å². The second-order valence-corrected chi connectivity index (χ2v) is 7.09. The van der Waals surface area contributed by atoms with Crippen LogP contribution >= 0.6 is 11.6 Å². The Balaban J connectivity index is 3.31. The Hall–Kier alpha value is -1.14. The number of carbonyl (C=O) groups is 1. The second kappa shape index (κ2) is 5.88. The lowest BCUT2D eigenvalue weighted by Crippen LogP contribution is -2.13. The van der Waals surface area contributed by atoms with E-state index in [0.717, 1.165) is 12.1 Å². The monoisotopic (exact) mass is 308 g/mol. The van der Waals surface area contributed by atoms with Crippen molar-refractivity contribution in [1.29, 1.82) is 0 Å². The fourth-order valence-electron chi connectivity index (χ4n) is 1.45. The fraction of sp³-hybridized carbons (Fsp3) is 0.417. The van der Waals surface area contributed by atoms with Gasteiger partial charge in [-0.05, 0) is 24.5 Å². The summed E-state index contributed by atoms with van der Waals surface area (Å²) in [7, 11) is -3.89. The Kier molecular flexibility index (Phi) is 4.92.